The van der Waals surface area contributed by atoms with Crippen LogP contribution in [0.25, 0.3) is 0 Å². The van der Waals surface area contributed by atoms with Crippen molar-refractivity contribution < 1.29 is 33.1 Å². The minimum absolute atomic E-state index is 0. The van der Waals surface area contributed by atoms with Gasteiger partial charge in [0.1, 0.15) is 0 Å². The van der Waals surface area contributed by atoms with Gasteiger partial charge in [-0.15, -0.1) is 0 Å². The van der Waals surface area contributed by atoms with Crippen LogP contribution in [0.4, 0.5) is 0 Å². The Bertz CT molecular complexity index is 57.8. The average molecular weight is 158 g/mol. The number of hydrogen-bond donors (Lipinski definition) is 0. The van der Waals surface area contributed by atoms with Crippen molar-refractivity contribution >= 4 is 8.25 Å². The quantitative estimate of drug-likeness (QED) is 0.383. The molecule has 0 spiro atoms. The van der Waals surface area contributed by atoms with Gasteiger partial charge in [-0.1, -0.05) is 9.05 Å². The second kappa shape index (κ2) is 2.76. The van der Waals surface area contributed by atoms with Gasteiger partial charge in [0.2, 0.25) is 0 Å². The maximum absolute atomic E-state index is 9.60. The van der Waals surface area contributed by atoms with E-state index in [-0.39, 0.29) is 26.3 Å². The fourth-order valence-corrected chi connectivity index (χ4v) is 0.287. The summed E-state index contributed by atoms with van der Waals surface area (Å²) in [5.41, 5.74) is 0. The minimum atomic E-state index is -1.67. The second-order valence-electron chi connectivity index (χ2n) is 0.600. The molecule has 0 amide bonds. The van der Waals surface area contributed by atoms with Crippen LogP contribution in [0.5, 0.6) is 0 Å². The summed E-state index contributed by atoms with van der Waals surface area (Å²) >= 11 is 0. The summed E-state index contributed by atoms with van der Waals surface area (Å²) in [5, 5.41) is 0. The van der Waals surface area contributed by atoms with Crippen molar-refractivity contribution in [3.63, 3.8) is 0 Å². The first kappa shape index (κ1) is 6.64. The summed E-state index contributed by atoms with van der Waals surface area (Å²) < 4.78 is 18.0. The smallest absolute Gasteiger partial charge is 0.0850 e. The second-order valence-corrected chi connectivity index (χ2v) is 1.56. The predicted octanol–water partition coefficient (Wildman–Crippen LogP) is 0.646. The van der Waals surface area contributed by atoms with Gasteiger partial charge >= 0.3 is 8.25 Å². The van der Waals surface area contributed by atoms with Crippen molar-refractivity contribution in [1.82, 2.24) is 0 Å². The number of rotatable bonds is 0. The zero-order valence-corrected chi connectivity index (χ0v) is 6.95. The van der Waals surface area contributed by atoms with Gasteiger partial charge in [0.15, 0.2) is 0 Å². The van der Waals surface area contributed by atoms with Gasteiger partial charge in [0.25, 0.3) is 6.79 Å². The third kappa shape index (κ3) is 1.40. The monoisotopic (exact) mass is 157 g/mol. The van der Waals surface area contributed by atoms with Crippen molar-refractivity contribution in [3.8, 4) is 0 Å². The third-order valence-electron chi connectivity index (χ3n) is 0.316. The Balaban J connectivity index is 0.000000250. The molecule has 1 aliphatic rings. The molecule has 0 aliphatic carbocycles. The molecule has 3 nitrogen and oxygen atoms in total. The fourth-order valence-electron chi connectivity index (χ4n) is 0.0957. The summed E-state index contributed by atoms with van der Waals surface area (Å²) in [4.78, 5) is 0. The van der Waals surface area contributed by atoms with E-state index in [1.165, 1.54) is 0 Å². The summed E-state index contributed by atoms with van der Waals surface area (Å²) in [6, 6.07) is 0. The van der Waals surface area contributed by atoms with Gasteiger partial charge < -0.3 is 0 Å². The molecular formula is CH2O3PZn+. The Hall–Kier alpha value is 0.643. The van der Waals surface area contributed by atoms with E-state index in [2.05, 4.69) is 9.05 Å². The van der Waals surface area contributed by atoms with Gasteiger partial charge in [-0.2, -0.15) is 0 Å². The minimum Gasteiger partial charge on any atom is -0.0850 e. The van der Waals surface area contributed by atoms with Crippen molar-refractivity contribution in [2.45, 2.75) is 0 Å². The van der Waals surface area contributed by atoms with E-state index in [1.807, 2.05) is 0 Å². The Morgan fingerprint density at radius 3 is 1.83 bits per heavy atom. The van der Waals surface area contributed by atoms with Crippen LogP contribution in [0.1, 0.15) is 0 Å². The molecule has 5 heteroatoms. The first-order valence-corrected chi connectivity index (χ1v) is 2.22. The van der Waals surface area contributed by atoms with Gasteiger partial charge in [-0.3, -0.25) is 0 Å². The predicted molar refractivity (Wildman–Crippen MR) is 14.6 cm³/mol. The molecule has 0 aromatic carbocycles. The molecule has 0 radical (unpaired) electrons. The van der Waals surface area contributed by atoms with Crippen LogP contribution in [0.15, 0.2) is 0 Å². The van der Waals surface area contributed by atoms with Crippen molar-refractivity contribution in [3.05, 3.63) is 0 Å². The van der Waals surface area contributed by atoms with Crippen LogP contribution in [0.2, 0.25) is 0 Å². The molecule has 30 valence electrons. The normalized spacial score (nSPS) is 18.3. The summed E-state index contributed by atoms with van der Waals surface area (Å²) in [6.45, 7) is 0.204. The SMILES string of the molecule is O=[P+]1OCO1.[Zn]. The van der Waals surface area contributed by atoms with Gasteiger partial charge in [-0.25, -0.2) is 0 Å². The Morgan fingerprint density at radius 1 is 1.50 bits per heavy atom. The standard InChI is InChI=1S/CH2O3P.Zn/c2-5-3-1-4-5;/h1H2;/q+1;. The van der Waals surface area contributed by atoms with E-state index in [1.54, 1.807) is 0 Å². The van der Waals surface area contributed by atoms with Crippen LogP contribution in [0, 0.1) is 0 Å². The topological polar surface area (TPSA) is 35.5 Å². The van der Waals surface area contributed by atoms with E-state index >= 15 is 0 Å². The van der Waals surface area contributed by atoms with Gasteiger partial charge in [0.05, 0.1) is 0 Å². The first-order valence-electron chi connectivity index (χ1n) is 1.13. The van der Waals surface area contributed by atoms with Crippen LogP contribution in [-0.4, -0.2) is 6.79 Å². The van der Waals surface area contributed by atoms with E-state index in [0.717, 1.165) is 0 Å². The Morgan fingerprint density at radius 2 is 1.83 bits per heavy atom. The molecule has 1 saturated heterocycles. The van der Waals surface area contributed by atoms with Crippen LogP contribution < -0.4 is 0 Å². The molecule has 0 unspecified atom stereocenters. The molecule has 1 fully saturated rings. The first-order chi connectivity index (χ1) is 2.39. The molecule has 0 N–H and O–H groups in total. The van der Waals surface area contributed by atoms with E-state index in [0.29, 0.717) is 0 Å². The molecule has 0 aromatic heterocycles. The van der Waals surface area contributed by atoms with Crippen molar-refractivity contribution in [1.29, 1.82) is 0 Å². The van der Waals surface area contributed by atoms with Crippen LogP contribution in [-0.2, 0) is 33.1 Å². The van der Waals surface area contributed by atoms with Gasteiger partial charge in [0, 0.05) is 24.0 Å². The van der Waals surface area contributed by atoms with Crippen molar-refractivity contribution in [2.75, 3.05) is 6.79 Å². The third-order valence-corrected chi connectivity index (χ3v) is 0.949. The Kier molecular flexibility index (Phi) is 3.05. The molecular weight excluding hydrogens is 156 g/mol. The van der Waals surface area contributed by atoms with Gasteiger partial charge in [-0.05, 0) is 0 Å². The zero-order chi connectivity index (χ0) is 3.70. The zero-order valence-electron chi connectivity index (χ0n) is 3.09. The maximum atomic E-state index is 9.60. The molecule has 0 saturated carbocycles. The summed E-state index contributed by atoms with van der Waals surface area (Å²) in [6.07, 6.45) is 0. The van der Waals surface area contributed by atoms with E-state index < -0.39 is 8.25 Å². The van der Waals surface area contributed by atoms with E-state index in [4.69, 9.17) is 0 Å². The van der Waals surface area contributed by atoms with Crippen LogP contribution in [0.3, 0.4) is 0 Å². The molecule has 0 atom stereocenters. The average Bonchev–Trinajstić information content (AvgIpc) is 1.30. The molecule has 1 rings (SSSR count). The maximum Gasteiger partial charge on any atom is 0.702 e. The molecule has 1 aliphatic heterocycles. The molecule has 0 bridgehead atoms. The Labute approximate surface area is 48.7 Å². The summed E-state index contributed by atoms with van der Waals surface area (Å²) in [5.74, 6) is 0. The van der Waals surface area contributed by atoms with Crippen molar-refractivity contribution in [2.24, 2.45) is 0 Å². The molecule has 6 heavy (non-hydrogen) atoms. The molecule has 1 heterocycles. The fraction of sp³-hybridized carbons (Fsp3) is 1.00. The van der Waals surface area contributed by atoms with Crippen LogP contribution >= 0.6 is 8.25 Å². The largest absolute Gasteiger partial charge is 0.702 e. The summed E-state index contributed by atoms with van der Waals surface area (Å²) in [7, 11) is -1.67. The van der Waals surface area contributed by atoms with E-state index in [9.17, 15) is 4.57 Å². The molecule has 0 aromatic rings. The number of hydrogen-bond acceptors (Lipinski definition) is 3.